The minimum atomic E-state index is -2.92. The average molecular weight is 785 g/mol. The SMILES string of the molecule is C[N+](C)([O-])CCCN1C(=O)c2ccc3c4ccc5c6c(ccc(c7ccc(c2c37)C1=O)c64)C(=O)N(CCC[N+](C)(C)[O-])C5=O.[2H]P(=N)(O)I. The van der Waals surface area contributed by atoms with E-state index in [-0.39, 0.29) is 49.8 Å². The first-order valence-electron chi connectivity index (χ1n) is 15.8. The highest BCUT2D eigenvalue weighted by Gasteiger charge is 2.36. The Hall–Kier alpha value is -3.56. The lowest BCUT2D eigenvalue weighted by atomic mass is 9.82. The molecule has 1 atom stereocenters. The van der Waals surface area contributed by atoms with Crippen LogP contribution in [0.5, 0.6) is 0 Å². The van der Waals surface area contributed by atoms with Gasteiger partial charge in [0, 0.05) is 59.0 Å². The Bertz CT molecular complexity index is 2000. The van der Waals surface area contributed by atoms with Crippen molar-refractivity contribution in [3.05, 3.63) is 81.2 Å². The monoisotopic (exact) mass is 784 g/mol. The molecule has 0 saturated carbocycles. The molecule has 4 amide bonds. The number of imide groups is 2. The Balaban J connectivity index is 0.000000778. The van der Waals surface area contributed by atoms with E-state index in [0.717, 1.165) is 32.3 Å². The topological polar surface area (TPSA) is 165 Å². The van der Waals surface area contributed by atoms with Crippen LogP contribution >= 0.6 is 27.6 Å². The summed E-state index contributed by atoms with van der Waals surface area (Å²) < 4.78 is 5.25. The molecule has 7 rings (SSSR count). The standard InChI is InChI=1S/C34H32N4O6.H3INOP/c1-37(2,43)17-5-15-35-31(39)23-11-7-19-21-9-13-25-30-26(34(42)36(33(25)41)16-6-18-38(3,4)44)14-10-22(28(21)30)20-8-12-24(32(35)40)29(23)27(19)20;1-4(2)3/h7-14H,5-6,15-18H2,1-4H3;4H,(H2,2,3)/i;4D. The molecule has 2 heterocycles. The summed E-state index contributed by atoms with van der Waals surface area (Å²) in [7, 11) is 6.12. The number of quaternary nitrogens is 2. The second-order valence-electron chi connectivity index (χ2n) is 13.2. The summed E-state index contributed by atoms with van der Waals surface area (Å²) in [5.74, 6) is -1.52. The fourth-order valence-corrected chi connectivity index (χ4v) is 6.99. The molecule has 2 aliphatic heterocycles. The van der Waals surface area contributed by atoms with Crippen LogP contribution in [0.3, 0.4) is 0 Å². The number of nitrogens with zero attached hydrogens (tertiary/aromatic N) is 4. The Morgan fingerprint density at radius 2 is 0.896 bits per heavy atom. The summed E-state index contributed by atoms with van der Waals surface area (Å²) in [6.45, 7) is 0.879. The van der Waals surface area contributed by atoms with Crippen LogP contribution in [0.2, 0.25) is 0 Å². The lowest BCUT2D eigenvalue weighted by Crippen LogP contribution is -2.43. The van der Waals surface area contributed by atoms with Gasteiger partial charge in [-0.25, -0.2) is 0 Å². The third-order valence-corrected chi connectivity index (χ3v) is 8.96. The normalized spacial score (nSPS) is 16.6. The molecule has 0 radical (unpaired) electrons. The van der Waals surface area contributed by atoms with Crippen molar-refractivity contribution in [3.8, 4) is 0 Å². The van der Waals surface area contributed by atoms with Crippen molar-refractivity contribution >= 4 is 94.3 Å². The number of halogens is 1. The Morgan fingerprint density at radius 1 is 0.646 bits per heavy atom. The van der Waals surface area contributed by atoms with Gasteiger partial charge in [0.05, 0.1) is 41.3 Å². The first kappa shape index (κ1) is 33.0. The number of fused-ring (bicyclic) bond motifs is 2. The quantitative estimate of drug-likeness (QED) is 0.0366. The van der Waals surface area contributed by atoms with Gasteiger partial charge in [0.15, 0.2) is 0 Å². The van der Waals surface area contributed by atoms with Crippen molar-refractivity contribution in [2.45, 2.75) is 12.8 Å². The number of carbonyl (C=O) groups excluding carboxylic acids is 4. The summed E-state index contributed by atoms with van der Waals surface area (Å²) in [5.41, 5.74) is -1.17. The van der Waals surface area contributed by atoms with E-state index in [0.29, 0.717) is 45.9 Å². The van der Waals surface area contributed by atoms with Crippen molar-refractivity contribution in [1.82, 2.24) is 9.80 Å². The zero-order valence-electron chi connectivity index (χ0n) is 27.9. The van der Waals surface area contributed by atoms with E-state index in [1.165, 1.54) is 60.0 Å². The predicted molar refractivity (Wildman–Crippen MR) is 196 cm³/mol. The number of rotatable bonds is 8. The number of carbonyl (C=O) groups is 4. The van der Waals surface area contributed by atoms with Gasteiger partial charge < -0.3 is 24.6 Å². The summed E-state index contributed by atoms with van der Waals surface area (Å²) >= 11 is 1.38. The van der Waals surface area contributed by atoms with Crippen LogP contribution in [0.15, 0.2) is 48.5 Å². The molecule has 1 unspecified atom stereocenters. The number of amides is 4. The molecule has 5 aromatic rings. The lowest BCUT2D eigenvalue weighted by Gasteiger charge is -2.35. The summed E-state index contributed by atoms with van der Waals surface area (Å²) in [4.78, 5) is 64.9. The van der Waals surface area contributed by atoms with Crippen molar-refractivity contribution < 1.29 is 33.4 Å². The van der Waals surface area contributed by atoms with E-state index in [9.17, 15) is 29.6 Å². The average Bonchev–Trinajstić information content (AvgIpc) is 2.99. The molecule has 12 nitrogen and oxygen atoms in total. The van der Waals surface area contributed by atoms with Crippen LogP contribution in [0, 0.1) is 15.6 Å². The van der Waals surface area contributed by atoms with Crippen LogP contribution in [-0.4, -0.2) is 103 Å². The molecule has 0 bridgehead atoms. The maximum absolute atomic E-state index is 13.6. The molecule has 250 valence electrons. The van der Waals surface area contributed by atoms with Crippen LogP contribution in [-0.2, 0) is 0 Å². The molecule has 5 aromatic carbocycles. The molecule has 14 heteroatoms. The first-order valence-corrected chi connectivity index (χ1v) is 19.4. The first-order chi connectivity index (χ1) is 22.8. The third kappa shape index (κ3) is 5.98. The number of nitrogens with one attached hydrogen (secondary N) is 1. The Kier molecular flexibility index (Phi) is 8.51. The van der Waals surface area contributed by atoms with Gasteiger partial charge in [0.1, 0.15) is 6.81 Å². The smallest absolute Gasteiger partial charge is 0.261 e. The van der Waals surface area contributed by atoms with Crippen LogP contribution in [0.4, 0.5) is 0 Å². The molecule has 0 aromatic heterocycles. The highest BCUT2D eigenvalue weighted by Crippen LogP contribution is 2.46. The largest absolute Gasteiger partial charge is 0.633 e. The molecule has 0 aliphatic carbocycles. The van der Waals surface area contributed by atoms with E-state index in [1.807, 2.05) is 24.3 Å². The van der Waals surface area contributed by atoms with Crippen LogP contribution in [0.25, 0.3) is 43.1 Å². The summed E-state index contributed by atoms with van der Waals surface area (Å²) in [6, 6.07) is 14.5. The number of hydrogen-bond donors (Lipinski definition) is 2. The maximum Gasteiger partial charge on any atom is 0.261 e. The van der Waals surface area contributed by atoms with E-state index in [2.05, 4.69) is 0 Å². The lowest BCUT2D eigenvalue weighted by molar-refractivity contribution is -0.840. The van der Waals surface area contributed by atoms with Gasteiger partial charge in [-0.2, -0.15) is 0 Å². The van der Waals surface area contributed by atoms with Crippen molar-refractivity contribution in [3.63, 3.8) is 0 Å². The van der Waals surface area contributed by atoms with Gasteiger partial charge in [0.25, 0.3) is 23.6 Å². The van der Waals surface area contributed by atoms with E-state index < -0.39 is 14.8 Å². The van der Waals surface area contributed by atoms with Gasteiger partial charge in [0.2, 0.25) is 0 Å². The number of benzene rings is 5. The molecule has 2 N–H and O–H groups in total. The van der Waals surface area contributed by atoms with Gasteiger partial charge in [-0.15, -0.1) is 0 Å². The Labute approximate surface area is 291 Å². The number of hydroxylamine groups is 6. The highest BCUT2D eigenvalue weighted by molar-refractivity contribution is 14.2. The van der Waals surface area contributed by atoms with Gasteiger partial charge >= 0.3 is 0 Å². The summed E-state index contributed by atoms with van der Waals surface area (Å²) in [6.07, 6.45) is 0.792. The fourth-order valence-electron chi connectivity index (χ4n) is 6.99. The Morgan fingerprint density at radius 3 is 1.12 bits per heavy atom. The molecule has 2 aliphatic rings. The van der Waals surface area contributed by atoms with Crippen molar-refractivity contribution in [2.24, 2.45) is 0 Å². The highest BCUT2D eigenvalue weighted by atomic mass is 127. The van der Waals surface area contributed by atoms with Gasteiger partial charge in [-0.05, 0) is 78.6 Å². The van der Waals surface area contributed by atoms with E-state index in [4.69, 9.17) is 11.3 Å². The molecule has 0 spiro atoms. The van der Waals surface area contributed by atoms with E-state index in [1.54, 1.807) is 24.3 Å². The van der Waals surface area contributed by atoms with Crippen LogP contribution in [0.1, 0.15) is 54.3 Å². The van der Waals surface area contributed by atoms with Crippen molar-refractivity contribution in [1.29, 1.82) is 6.44 Å². The molecular formula is C34H35IN5O7P. The van der Waals surface area contributed by atoms with Crippen molar-refractivity contribution in [2.75, 3.05) is 54.4 Å². The third-order valence-electron chi connectivity index (χ3n) is 8.96. The molecular weight excluding hydrogens is 748 g/mol. The van der Waals surface area contributed by atoms with Crippen LogP contribution < -0.4 is 0 Å². The zero-order chi connectivity index (χ0) is 35.8. The maximum atomic E-state index is 13.6. The second kappa shape index (κ2) is 12.4. The molecule has 48 heavy (non-hydrogen) atoms. The minimum absolute atomic E-state index is 0.159. The molecule has 0 fully saturated rings. The predicted octanol–water partition coefficient (Wildman–Crippen LogP) is 6.08. The van der Waals surface area contributed by atoms with Gasteiger partial charge in [-0.1, -0.05) is 24.3 Å². The summed E-state index contributed by atoms with van der Waals surface area (Å²) in [5, 5.41) is 36.4. The van der Waals surface area contributed by atoms with Gasteiger partial charge in [-0.3, -0.25) is 34.1 Å². The molecule has 0 saturated heterocycles. The second-order valence-corrected chi connectivity index (χ2v) is 16.5. The zero-order valence-corrected chi connectivity index (χ0v) is 29.9. The van der Waals surface area contributed by atoms with E-state index >= 15 is 0 Å². The minimum Gasteiger partial charge on any atom is -0.633 e. The number of hydrogen-bond acceptors (Lipinski definition) is 7. The fraction of sp³-hybridized carbons (Fsp3) is 0.294.